The van der Waals surface area contributed by atoms with Crippen LogP contribution in [-0.2, 0) is 0 Å². The molecule has 0 aliphatic heterocycles. The molecular formula is C20H16N4O3S. The number of hydrogen-bond donors (Lipinski definition) is 1. The first kappa shape index (κ1) is 17.9. The van der Waals surface area contributed by atoms with E-state index >= 15 is 0 Å². The molecule has 0 unspecified atom stereocenters. The fraction of sp³-hybridized carbons (Fsp3) is 0.100. The zero-order valence-corrected chi connectivity index (χ0v) is 16.0. The maximum Gasteiger partial charge on any atom is 0.322 e. The molecule has 0 bridgehead atoms. The molecular weight excluding hydrogens is 376 g/mol. The molecule has 0 fully saturated rings. The lowest BCUT2D eigenvalue weighted by molar-refractivity contribution is 0.101. The molecule has 0 aliphatic carbocycles. The summed E-state index contributed by atoms with van der Waals surface area (Å²) in [6, 6.07) is 14.9. The van der Waals surface area contributed by atoms with E-state index in [4.69, 9.17) is 9.26 Å². The summed E-state index contributed by atoms with van der Waals surface area (Å²) in [6.07, 6.45) is 0. The lowest BCUT2D eigenvalue weighted by atomic mass is 10.2. The van der Waals surface area contributed by atoms with E-state index in [0.29, 0.717) is 28.6 Å². The van der Waals surface area contributed by atoms with Crippen LogP contribution in [0.2, 0.25) is 0 Å². The minimum Gasteiger partial charge on any atom is -0.424 e. The fourth-order valence-corrected chi connectivity index (χ4v) is 3.27. The van der Waals surface area contributed by atoms with E-state index < -0.39 is 5.91 Å². The third kappa shape index (κ3) is 3.77. The number of nitrogens with one attached hydrogen (secondary N) is 1. The van der Waals surface area contributed by atoms with Crippen LogP contribution < -0.4 is 10.1 Å². The Morgan fingerprint density at radius 1 is 1.07 bits per heavy atom. The number of aromatic nitrogens is 3. The molecule has 0 radical (unpaired) electrons. The number of aryl methyl sites for hydroxylation is 2. The summed E-state index contributed by atoms with van der Waals surface area (Å²) >= 11 is 1.51. The molecule has 0 saturated heterocycles. The topological polar surface area (TPSA) is 90.1 Å². The maximum atomic E-state index is 12.6. The van der Waals surface area contributed by atoms with Crippen LogP contribution in [0.25, 0.3) is 10.6 Å². The Balaban J connectivity index is 1.52. The Morgan fingerprint density at radius 2 is 1.82 bits per heavy atom. The van der Waals surface area contributed by atoms with Crippen molar-refractivity contribution in [2.24, 2.45) is 0 Å². The number of para-hydroxylation sites is 1. The molecule has 3 heterocycles. The molecule has 7 nitrogen and oxygen atoms in total. The van der Waals surface area contributed by atoms with Gasteiger partial charge in [-0.2, -0.15) is 9.97 Å². The SMILES string of the molecule is Cc1nc(Oc2ccccc2)nc(C)c1NC(=O)c1cc(-c2cccs2)on1. The van der Waals surface area contributed by atoms with Crippen molar-refractivity contribution in [3.63, 3.8) is 0 Å². The first-order valence-corrected chi connectivity index (χ1v) is 9.38. The van der Waals surface area contributed by atoms with Crippen molar-refractivity contribution in [1.29, 1.82) is 0 Å². The number of carbonyl (C=O) groups is 1. The monoisotopic (exact) mass is 392 g/mol. The molecule has 1 N–H and O–H groups in total. The van der Waals surface area contributed by atoms with Gasteiger partial charge in [0, 0.05) is 6.07 Å². The third-order valence-corrected chi connectivity index (χ3v) is 4.83. The highest BCUT2D eigenvalue weighted by molar-refractivity contribution is 7.13. The molecule has 1 amide bonds. The van der Waals surface area contributed by atoms with E-state index in [1.807, 2.05) is 47.8 Å². The number of carbonyl (C=O) groups excluding carboxylic acids is 1. The van der Waals surface area contributed by atoms with Crippen LogP contribution in [0.5, 0.6) is 11.8 Å². The predicted molar refractivity (Wildman–Crippen MR) is 106 cm³/mol. The fourth-order valence-electron chi connectivity index (χ4n) is 2.60. The van der Waals surface area contributed by atoms with Crippen molar-refractivity contribution in [2.75, 3.05) is 5.32 Å². The minimum absolute atomic E-state index is 0.187. The van der Waals surface area contributed by atoms with Crippen molar-refractivity contribution >= 4 is 22.9 Å². The third-order valence-electron chi connectivity index (χ3n) is 3.95. The molecule has 3 aromatic heterocycles. The smallest absolute Gasteiger partial charge is 0.322 e. The summed E-state index contributed by atoms with van der Waals surface area (Å²) in [5, 5.41) is 8.59. The summed E-state index contributed by atoms with van der Waals surface area (Å²) in [7, 11) is 0. The van der Waals surface area contributed by atoms with Crippen molar-refractivity contribution in [1.82, 2.24) is 15.1 Å². The number of ether oxygens (including phenoxy) is 1. The lowest BCUT2D eigenvalue weighted by Gasteiger charge is -2.11. The number of thiophene rings is 1. The minimum atomic E-state index is -0.391. The van der Waals surface area contributed by atoms with E-state index in [1.54, 1.807) is 19.9 Å². The second-order valence-corrected chi connectivity index (χ2v) is 6.92. The number of anilines is 1. The van der Waals surface area contributed by atoms with Crippen molar-refractivity contribution in [3.05, 3.63) is 71.0 Å². The van der Waals surface area contributed by atoms with Crippen LogP contribution >= 0.6 is 11.3 Å². The molecule has 0 atom stereocenters. The van der Waals surface area contributed by atoms with E-state index in [1.165, 1.54) is 11.3 Å². The van der Waals surface area contributed by atoms with Gasteiger partial charge in [-0.25, -0.2) is 0 Å². The van der Waals surface area contributed by atoms with Gasteiger partial charge in [0.2, 0.25) is 0 Å². The Hall–Kier alpha value is -3.52. The molecule has 140 valence electrons. The molecule has 28 heavy (non-hydrogen) atoms. The maximum absolute atomic E-state index is 12.6. The highest BCUT2D eigenvalue weighted by Gasteiger charge is 2.18. The number of amides is 1. The Kier molecular flexibility index (Phi) is 4.86. The van der Waals surface area contributed by atoms with Crippen LogP contribution in [0.15, 0.2) is 58.4 Å². The second kappa shape index (κ2) is 7.61. The largest absolute Gasteiger partial charge is 0.424 e. The zero-order chi connectivity index (χ0) is 19.5. The molecule has 1 aromatic carbocycles. The van der Waals surface area contributed by atoms with Gasteiger partial charge in [-0.3, -0.25) is 4.79 Å². The highest BCUT2D eigenvalue weighted by Crippen LogP contribution is 2.26. The average molecular weight is 392 g/mol. The van der Waals surface area contributed by atoms with Crippen LogP contribution in [0.4, 0.5) is 5.69 Å². The van der Waals surface area contributed by atoms with Crippen LogP contribution in [-0.4, -0.2) is 21.0 Å². The summed E-state index contributed by atoms with van der Waals surface area (Å²) in [5.74, 6) is 0.802. The van der Waals surface area contributed by atoms with Gasteiger partial charge in [-0.1, -0.05) is 29.4 Å². The van der Waals surface area contributed by atoms with Crippen molar-refractivity contribution in [2.45, 2.75) is 13.8 Å². The Bertz CT molecular complexity index is 1080. The van der Waals surface area contributed by atoms with Gasteiger partial charge >= 0.3 is 6.01 Å². The van der Waals surface area contributed by atoms with E-state index in [0.717, 1.165) is 4.88 Å². The molecule has 0 aliphatic rings. The van der Waals surface area contributed by atoms with Crippen LogP contribution in [0.1, 0.15) is 21.9 Å². The Labute approximate surface area is 165 Å². The molecule has 0 saturated carbocycles. The van der Waals surface area contributed by atoms with Gasteiger partial charge in [0.25, 0.3) is 5.91 Å². The quantitative estimate of drug-likeness (QED) is 0.522. The first-order valence-electron chi connectivity index (χ1n) is 8.50. The number of rotatable bonds is 5. The standard InChI is InChI=1S/C20H16N4O3S/c1-12-18(13(2)22-20(21-12)26-14-7-4-3-5-8-14)23-19(25)15-11-16(27-24-15)17-9-6-10-28-17/h3-11H,1-2H3,(H,23,25). The normalized spacial score (nSPS) is 10.6. The summed E-state index contributed by atoms with van der Waals surface area (Å²) in [6.45, 7) is 3.56. The first-order chi connectivity index (χ1) is 13.6. The number of benzene rings is 1. The molecule has 0 spiro atoms. The van der Waals surface area contributed by atoms with Gasteiger partial charge in [0.15, 0.2) is 11.5 Å². The summed E-state index contributed by atoms with van der Waals surface area (Å²) < 4.78 is 10.9. The lowest BCUT2D eigenvalue weighted by Crippen LogP contribution is -2.15. The molecule has 4 aromatic rings. The van der Waals surface area contributed by atoms with Gasteiger partial charge in [-0.05, 0) is 37.4 Å². The zero-order valence-electron chi connectivity index (χ0n) is 15.2. The van der Waals surface area contributed by atoms with Gasteiger partial charge in [0.1, 0.15) is 5.75 Å². The highest BCUT2D eigenvalue weighted by atomic mass is 32.1. The van der Waals surface area contributed by atoms with Gasteiger partial charge in [-0.15, -0.1) is 11.3 Å². The molecule has 4 rings (SSSR count). The van der Waals surface area contributed by atoms with E-state index in [-0.39, 0.29) is 11.7 Å². The van der Waals surface area contributed by atoms with Crippen LogP contribution in [0.3, 0.4) is 0 Å². The summed E-state index contributed by atoms with van der Waals surface area (Å²) in [4.78, 5) is 22.1. The average Bonchev–Trinajstić information content (AvgIpc) is 3.37. The van der Waals surface area contributed by atoms with Crippen molar-refractivity contribution in [3.8, 4) is 22.4 Å². The van der Waals surface area contributed by atoms with E-state index in [2.05, 4.69) is 20.4 Å². The predicted octanol–water partition coefficient (Wildman–Crippen LogP) is 4.85. The number of hydrogen-bond acceptors (Lipinski definition) is 7. The van der Waals surface area contributed by atoms with Crippen LogP contribution in [0, 0.1) is 13.8 Å². The van der Waals surface area contributed by atoms with Crippen molar-refractivity contribution < 1.29 is 14.1 Å². The van der Waals surface area contributed by atoms with Gasteiger partial charge < -0.3 is 14.6 Å². The molecule has 8 heteroatoms. The number of nitrogens with zero attached hydrogens (tertiary/aromatic N) is 3. The van der Waals surface area contributed by atoms with Gasteiger partial charge in [0.05, 0.1) is 22.0 Å². The summed E-state index contributed by atoms with van der Waals surface area (Å²) in [5.41, 5.74) is 1.89. The Morgan fingerprint density at radius 3 is 2.50 bits per heavy atom. The van der Waals surface area contributed by atoms with E-state index in [9.17, 15) is 4.79 Å². The second-order valence-electron chi connectivity index (χ2n) is 5.97.